The quantitative estimate of drug-likeness (QED) is 0.486. The molecule has 3 fully saturated rings. The van der Waals surface area contributed by atoms with Crippen LogP contribution in [0.4, 0.5) is 4.79 Å². The summed E-state index contributed by atoms with van der Waals surface area (Å²) >= 11 is 1.89. The molecule has 8 heteroatoms. The van der Waals surface area contributed by atoms with Crippen molar-refractivity contribution in [3.05, 3.63) is 0 Å². The van der Waals surface area contributed by atoms with E-state index in [0.29, 0.717) is 31.2 Å². The van der Waals surface area contributed by atoms with Crippen molar-refractivity contribution in [3.63, 3.8) is 0 Å². The molecule has 3 aliphatic rings. The standard InChI is InChI=1S/C15H23N3O4S/c19-12(18-6-5-9(7-18)14(20)21)4-2-1-3-11-13-10(8-23-11)16-15(22)17-13/h9-11,13H,1-8H2,(H,20,21)(H2,16,17,22)/t9?,10-,11-,13-/m0/s1. The summed E-state index contributed by atoms with van der Waals surface area (Å²) in [5, 5.41) is 15.3. The Balaban J connectivity index is 1.33. The fourth-order valence-corrected chi connectivity index (χ4v) is 5.15. The molecule has 0 aromatic rings. The molecule has 3 heterocycles. The third kappa shape index (κ3) is 3.73. The highest BCUT2D eigenvalue weighted by Crippen LogP contribution is 2.33. The fourth-order valence-electron chi connectivity index (χ4n) is 3.61. The second-order valence-corrected chi connectivity index (χ2v) is 7.80. The number of hydrogen-bond acceptors (Lipinski definition) is 4. The number of rotatable bonds is 6. The second kappa shape index (κ2) is 6.98. The molecular formula is C15H23N3O4S. The molecule has 0 aliphatic carbocycles. The number of carbonyl (C=O) groups excluding carboxylic acids is 2. The lowest BCUT2D eigenvalue weighted by atomic mass is 10.0. The Hall–Kier alpha value is -1.44. The average Bonchev–Trinajstić information content (AvgIpc) is 3.19. The molecule has 4 atom stereocenters. The Bertz CT molecular complexity index is 501. The van der Waals surface area contributed by atoms with E-state index in [1.54, 1.807) is 4.90 Å². The summed E-state index contributed by atoms with van der Waals surface area (Å²) in [7, 11) is 0. The number of fused-ring (bicyclic) bond motifs is 1. The monoisotopic (exact) mass is 341 g/mol. The zero-order valence-electron chi connectivity index (χ0n) is 13.0. The maximum atomic E-state index is 12.1. The van der Waals surface area contributed by atoms with Crippen molar-refractivity contribution in [2.24, 2.45) is 5.92 Å². The first-order valence-corrected chi connectivity index (χ1v) is 9.28. The molecule has 3 N–H and O–H groups in total. The molecule has 0 spiro atoms. The van der Waals surface area contributed by atoms with Gasteiger partial charge in [-0.15, -0.1) is 0 Å². The first-order chi connectivity index (χ1) is 11.0. The van der Waals surface area contributed by atoms with Gasteiger partial charge in [0.05, 0.1) is 18.0 Å². The van der Waals surface area contributed by atoms with Gasteiger partial charge >= 0.3 is 12.0 Å². The normalized spacial score (nSPS) is 32.5. The van der Waals surface area contributed by atoms with Gasteiger partial charge in [-0.1, -0.05) is 6.42 Å². The predicted molar refractivity (Wildman–Crippen MR) is 86.3 cm³/mol. The maximum absolute atomic E-state index is 12.1. The molecule has 0 aromatic heterocycles. The van der Waals surface area contributed by atoms with Crippen LogP contribution in [0.25, 0.3) is 0 Å². The van der Waals surface area contributed by atoms with E-state index in [1.165, 1.54) is 0 Å². The molecule has 0 aromatic carbocycles. The molecule has 128 valence electrons. The van der Waals surface area contributed by atoms with Crippen molar-refractivity contribution >= 4 is 29.7 Å². The van der Waals surface area contributed by atoms with E-state index in [2.05, 4.69) is 10.6 Å². The SMILES string of the molecule is O=C1N[C@H]2[C@H](CS[C@H]2CCCCC(=O)N2CCC(C(=O)O)C2)N1. The van der Waals surface area contributed by atoms with Gasteiger partial charge in [-0.3, -0.25) is 9.59 Å². The van der Waals surface area contributed by atoms with E-state index < -0.39 is 11.9 Å². The second-order valence-electron chi connectivity index (χ2n) is 6.53. The molecule has 0 saturated carbocycles. The Morgan fingerprint density at radius 2 is 2.13 bits per heavy atom. The summed E-state index contributed by atoms with van der Waals surface area (Å²) in [5.41, 5.74) is 0. The third-order valence-corrected chi connectivity index (χ3v) is 6.47. The van der Waals surface area contributed by atoms with Crippen molar-refractivity contribution in [1.82, 2.24) is 15.5 Å². The molecule has 1 unspecified atom stereocenters. The molecule has 7 nitrogen and oxygen atoms in total. The number of thioether (sulfide) groups is 1. The minimum absolute atomic E-state index is 0.0671. The van der Waals surface area contributed by atoms with Gasteiger partial charge in [-0.25, -0.2) is 4.79 Å². The lowest BCUT2D eigenvalue weighted by Gasteiger charge is -2.18. The van der Waals surface area contributed by atoms with Crippen molar-refractivity contribution in [3.8, 4) is 0 Å². The van der Waals surface area contributed by atoms with E-state index in [9.17, 15) is 14.4 Å². The molecular weight excluding hydrogens is 318 g/mol. The number of unbranched alkanes of at least 4 members (excludes halogenated alkanes) is 1. The number of carboxylic acid groups (broad SMARTS) is 1. The summed E-state index contributed by atoms with van der Waals surface area (Å²) in [6.07, 6.45) is 3.83. The van der Waals surface area contributed by atoms with E-state index >= 15 is 0 Å². The lowest BCUT2D eigenvalue weighted by Crippen LogP contribution is -2.36. The Labute approximate surface area is 139 Å². The molecule has 3 amide bonds. The lowest BCUT2D eigenvalue weighted by molar-refractivity contribution is -0.141. The van der Waals surface area contributed by atoms with E-state index in [-0.39, 0.29) is 24.0 Å². The summed E-state index contributed by atoms with van der Waals surface area (Å²) in [5.74, 6) is -0.178. The number of amides is 3. The van der Waals surface area contributed by atoms with E-state index in [1.807, 2.05) is 11.8 Å². The van der Waals surface area contributed by atoms with Crippen LogP contribution in [0.5, 0.6) is 0 Å². The molecule has 0 bridgehead atoms. The Morgan fingerprint density at radius 1 is 1.30 bits per heavy atom. The van der Waals surface area contributed by atoms with Gasteiger partial charge in [0.25, 0.3) is 0 Å². The number of urea groups is 1. The summed E-state index contributed by atoms with van der Waals surface area (Å²) in [6, 6.07) is 0.400. The molecule has 23 heavy (non-hydrogen) atoms. The van der Waals surface area contributed by atoms with Gasteiger partial charge in [-0.2, -0.15) is 11.8 Å². The van der Waals surface area contributed by atoms with E-state index in [0.717, 1.165) is 25.0 Å². The van der Waals surface area contributed by atoms with Gasteiger partial charge in [-0.05, 0) is 19.3 Å². The van der Waals surface area contributed by atoms with Crippen LogP contribution in [-0.4, -0.2) is 64.1 Å². The molecule has 3 aliphatic heterocycles. The molecule has 3 rings (SSSR count). The highest BCUT2D eigenvalue weighted by atomic mass is 32.2. The van der Waals surface area contributed by atoms with Crippen LogP contribution in [0.15, 0.2) is 0 Å². The van der Waals surface area contributed by atoms with Crippen LogP contribution in [0, 0.1) is 5.92 Å². The fraction of sp³-hybridized carbons (Fsp3) is 0.800. The Morgan fingerprint density at radius 3 is 2.87 bits per heavy atom. The first kappa shape index (κ1) is 16.4. The van der Waals surface area contributed by atoms with Crippen molar-refractivity contribution < 1.29 is 19.5 Å². The highest BCUT2D eigenvalue weighted by molar-refractivity contribution is 8.00. The molecule has 0 radical (unpaired) electrons. The first-order valence-electron chi connectivity index (χ1n) is 8.24. The van der Waals surface area contributed by atoms with Crippen LogP contribution in [-0.2, 0) is 9.59 Å². The number of likely N-dealkylation sites (tertiary alicyclic amines) is 1. The molecule has 3 saturated heterocycles. The average molecular weight is 341 g/mol. The van der Waals surface area contributed by atoms with Crippen LogP contribution in [0.3, 0.4) is 0 Å². The number of nitrogens with one attached hydrogen (secondary N) is 2. The van der Waals surface area contributed by atoms with Crippen LogP contribution in [0.2, 0.25) is 0 Å². The zero-order valence-corrected chi connectivity index (χ0v) is 13.8. The topological polar surface area (TPSA) is 98.7 Å². The van der Waals surface area contributed by atoms with Crippen molar-refractivity contribution in [2.45, 2.75) is 49.4 Å². The number of hydrogen-bond donors (Lipinski definition) is 3. The number of aliphatic carboxylic acids is 1. The van der Waals surface area contributed by atoms with Gasteiger partial charge in [0.15, 0.2) is 0 Å². The highest BCUT2D eigenvalue weighted by Gasteiger charge is 2.42. The van der Waals surface area contributed by atoms with Crippen molar-refractivity contribution in [1.29, 1.82) is 0 Å². The number of carboxylic acids is 1. The van der Waals surface area contributed by atoms with Gasteiger partial charge in [0.2, 0.25) is 5.91 Å². The van der Waals surface area contributed by atoms with Crippen LogP contribution >= 0.6 is 11.8 Å². The predicted octanol–water partition coefficient (Wildman–Crippen LogP) is 0.645. The van der Waals surface area contributed by atoms with Gasteiger partial charge in [0.1, 0.15) is 0 Å². The minimum Gasteiger partial charge on any atom is -0.481 e. The number of nitrogens with zero attached hydrogens (tertiary/aromatic N) is 1. The largest absolute Gasteiger partial charge is 0.481 e. The van der Waals surface area contributed by atoms with Crippen LogP contribution < -0.4 is 10.6 Å². The van der Waals surface area contributed by atoms with E-state index in [4.69, 9.17) is 5.11 Å². The smallest absolute Gasteiger partial charge is 0.315 e. The third-order valence-electron chi connectivity index (χ3n) is 4.96. The van der Waals surface area contributed by atoms with Crippen molar-refractivity contribution in [2.75, 3.05) is 18.8 Å². The van der Waals surface area contributed by atoms with Gasteiger partial charge in [0, 0.05) is 30.5 Å². The Kier molecular flexibility index (Phi) is 4.99. The minimum atomic E-state index is -0.805. The summed E-state index contributed by atoms with van der Waals surface area (Å²) < 4.78 is 0. The summed E-state index contributed by atoms with van der Waals surface area (Å²) in [4.78, 5) is 36.0. The van der Waals surface area contributed by atoms with Crippen LogP contribution in [0.1, 0.15) is 32.1 Å². The summed E-state index contributed by atoms with van der Waals surface area (Å²) in [6.45, 7) is 0.920. The maximum Gasteiger partial charge on any atom is 0.315 e. The zero-order chi connectivity index (χ0) is 16.4. The van der Waals surface area contributed by atoms with Gasteiger partial charge < -0.3 is 20.6 Å². The number of carbonyl (C=O) groups is 3.